The molecule has 4 N–H and O–H groups in total. The van der Waals surface area contributed by atoms with Crippen LogP contribution in [0.25, 0.3) is 0 Å². The van der Waals surface area contributed by atoms with Gasteiger partial charge in [0.2, 0.25) is 5.91 Å². The second-order valence-corrected chi connectivity index (χ2v) is 6.06. The highest BCUT2D eigenvalue weighted by atomic mass is 35.5. The van der Waals surface area contributed by atoms with E-state index in [0.29, 0.717) is 18.8 Å². The molecular weight excluding hydrogens is 332 g/mol. The molecule has 1 saturated carbocycles. The fourth-order valence-corrected chi connectivity index (χ4v) is 2.50. The maximum absolute atomic E-state index is 12.2. The zero-order chi connectivity index (χ0) is 16.8. The van der Waals surface area contributed by atoms with Crippen molar-refractivity contribution in [2.24, 2.45) is 11.7 Å². The van der Waals surface area contributed by atoms with E-state index in [1.54, 1.807) is 0 Å². The standard InChI is InChI=1S/C17H24N2O4.ClH/c1-23-17(22)15(20)14(10-11-5-3-2-4-6-11)19-16(21)13(18)9-12-7-8-12;/h2-6,12-15,20H,7-10,18H2,1H3,(H,19,21);1H/t13-,14?,15?;/m0./s1. The van der Waals surface area contributed by atoms with Gasteiger partial charge in [-0.25, -0.2) is 4.79 Å². The highest BCUT2D eigenvalue weighted by molar-refractivity contribution is 5.85. The number of halogens is 1. The lowest BCUT2D eigenvalue weighted by Crippen LogP contribution is -2.53. The summed E-state index contributed by atoms with van der Waals surface area (Å²) in [6, 6.07) is 7.93. The first-order valence-corrected chi connectivity index (χ1v) is 7.87. The predicted octanol–water partition coefficient (Wildman–Crippen LogP) is 0.797. The monoisotopic (exact) mass is 356 g/mol. The van der Waals surface area contributed by atoms with E-state index in [9.17, 15) is 14.7 Å². The molecule has 3 atom stereocenters. The molecule has 0 aromatic heterocycles. The van der Waals surface area contributed by atoms with Crippen LogP contribution in [0.5, 0.6) is 0 Å². The van der Waals surface area contributed by atoms with Gasteiger partial charge in [-0.2, -0.15) is 0 Å². The molecule has 1 aliphatic rings. The predicted molar refractivity (Wildman–Crippen MR) is 92.7 cm³/mol. The number of carbonyl (C=O) groups is 2. The summed E-state index contributed by atoms with van der Waals surface area (Å²) >= 11 is 0. The molecule has 0 bridgehead atoms. The third-order valence-electron chi connectivity index (χ3n) is 4.07. The number of aliphatic hydroxyl groups excluding tert-OH is 1. The van der Waals surface area contributed by atoms with Crippen LogP contribution in [0.3, 0.4) is 0 Å². The quantitative estimate of drug-likeness (QED) is 0.598. The summed E-state index contributed by atoms with van der Waals surface area (Å²) in [6.07, 6.45) is 1.74. The second kappa shape index (κ2) is 9.61. The number of methoxy groups -OCH3 is 1. The van der Waals surface area contributed by atoms with Gasteiger partial charge in [0, 0.05) is 0 Å². The number of aliphatic hydroxyl groups is 1. The Morgan fingerprint density at radius 2 is 1.96 bits per heavy atom. The molecule has 7 heteroatoms. The van der Waals surface area contributed by atoms with Crippen molar-refractivity contribution in [3.63, 3.8) is 0 Å². The molecule has 2 unspecified atom stereocenters. The normalized spacial score (nSPS) is 17.1. The Bertz CT molecular complexity index is 537. The largest absolute Gasteiger partial charge is 0.467 e. The first-order valence-electron chi connectivity index (χ1n) is 7.87. The van der Waals surface area contributed by atoms with Gasteiger partial charge in [-0.1, -0.05) is 43.2 Å². The van der Waals surface area contributed by atoms with Gasteiger partial charge in [-0.05, 0) is 24.3 Å². The van der Waals surface area contributed by atoms with Crippen molar-refractivity contribution in [1.29, 1.82) is 0 Å². The molecule has 2 rings (SSSR count). The van der Waals surface area contributed by atoms with Gasteiger partial charge in [-0.3, -0.25) is 4.79 Å². The summed E-state index contributed by atoms with van der Waals surface area (Å²) in [7, 11) is 1.20. The smallest absolute Gasteiger partial charge is 0.336 e. The van der Waals surface area contributed by atoms with Crippen molar-refractivity contribution in [2.75, 3.05) is 7.11 Å². The lowest BCUT2D eigenvalue weighted by molar-refractivity contribution is -0.152. The first-order chi connectivity index (χ1) is 11.0. The molecule has 0 radical (unpaired) electrons. The van der Waals surface area contributed by atoms with Gasteiger partial charge < -0.3 is 20.9 Å². The molecule has 1 aromatic rings. The molecule has 0 spiro atoms. The van der Waals surface area contributed by atoms with Crippen molar-refractivity contribution in [3.8, 4) is 0 Å². The minimum absolute atomic E-state index is 0. The number of hydrogen-bond donors (Lipinski definition) is 3. The number of nitrogens with two attached hydrogens (primary N) is 1. The van der Waals surface area contributed by atoms with Crippen LogP contribution >= 0.6 is 12.4 Å². The fraction of sp³-hybridized carbons (Fsp3) is 0.529. The van der Waals surface area contributed by atoms with E-state index in [1.165, 1.54) is 7.11 Å². The van der Waals surface area contributed by atoms with Gasteiger partial charge in [-0.15, -0.1) is 12.4 Å². The molecule has 0 aliphatic heterocycles. The molecule has 134 valence electrons. The molecule has 1 aliphatic carbocycles. The van der Waals surface area contributed by atoms with Crippen LogP contribution in [0.4, 0.5) is 0 Å². The Morgan fingerprint density at radius 1 is 1.33 bits per heavy atom. The number of amides is 1. The van der Waals surface area contributed by atoms with E-state index in [4.69, 9.17) is 5.73 Å². The average Bonchev–Trinajstić information content (AvgIpc) is 3.37. The number of hydrogen-bond acceptors (Lipinski definition) is 5. The SMILES string of the molecule is COC(=O)C(O)C(Cc1ccccc1)NC(=O)[C@@H](N)CC1CC1.Cl. The highest BCUT2D eigenvalue weighted by Crippen LogP contribution is 2.33. The molecule has 1 fully saturated rings. The van der Waals surface area contributed by atoms with Crippen molar-refractivity contribution in [2.45, 2.75) is 43.9 Å². The van der Waals surface area contributed by atoms with E-state index >= 15 is 0 Å². The topological polar surface area (TPSA) is 102 Å². The third kappa shape index (κ3) is 6.11. The van der Waals surface area contributed by atoms with E-state index in [2.05, 4.69) is 10.1 Å². The third-order valence-corrected chi connectivity index (χ3v) is 4.07. The van der Waals surface area contributed by atoms with E-state index in [1.807, 2.05) is 30.3 Å². The number of benzene rings is 1. The number of nitrogens with one attached hydrogen (secondary N) is 1. The average molecular weight is 357 g/mol. The van der Waals surface area contributed by atoms with Crippen molar-refractivity contribution >= 4 is 24.3 Å². The van der Waals surface area contributed by atoms with Gasteiger partial charge in [0.25, 0.3) is 0 Å². The first kappa shape index (κ1) is 20.4. The number of carbonyl (C=O) groups excluding carboxylic acids is 2. The molecule has 6 nitrogen and oxygen atoms in total. The van der Waals surface area contributed by atoms with Crippen LogP contribution in [0, 0.1) is 5.92 Å². The summed E-state index contributed by atoms with van der Waals surface area (Å²) in [6.45, 7) is 0. The van der Waals surface area contributed by atoms with Crippen LogP contribution in [0.1, 0.15) is 24.8 Å². The van der Waals surface area contributed by atoms with Crippen LogP contribution in [0.15, 0.2) is 30.3 Å². The molecule has 0 heterocycles. The summed E-state index contributed by atoms with van der Waals surface area (Å²) < 4.78 is 4.58. The number of rotatable bonds is 8. The Kier molecular flexibility index (Phi) is 8.18. The van der Waals surface area contributed by atoms with E-state index < -0.39 is 24.2 Å². The minimum Gasteiger partial charge on any atom is -0.467 e. The van der Waals surface area contributed by atoms with Gasteiger partial charge >= 0.3 is 5.97 Å². The second-order valence-electron chi connectivity index (χ2n) is 6.06. The van der Waals surface area contributed by atoms with Crippen molar-refractivity contribution in [1.82, 2.24) is 5.32 Å². The van der Waals surface area contributed by atoms with Gasteiger partial charge in [0.1, 0.15) is 0 Å². The van der Waals surface area contributed by atoms with Crippen LogP contribution in [-0.4, -0.2) is 42.3 Å². The van der Waals surface area contributed by atoms with Crippen LogP contribution in [0.2, 0.25) is 0 Å². The number of ether oxygens (including phenoxy) is 1. The zero-order valence-electron chi connectivity index (χ0n) is 13.7. The van der Waals surface area contributed by atoms with Crippen LogP contribution < -0.4 is 11.1 Å². The molecule has 1 amide bonds. The molecular formula is C17H25ClN2O4. The Labute approximate surface area is 148 Å². The summed E-state index contributed by atoms with van der Waals surface area (Å²) in [4.78, 5) is 23.9. The van der Waals surface area contributed by atoms with Crippen molar-refractivity contribution < 1.29 is 19.4 Å². The molecule has 1 aromatic carbocycles. The Morgan fingerprint density at radius 3 is 2.50 bits per heavy atom. The summed E-state index contributed by atoms with van der Waals surface area (Å²) in [5.41, 5.74) is 6.80. The van der Waals surface area contributed by atoms with Crippen LogP contribution in [-0.2, 0) is 20.7 Å². The lowest BCUT2D eigenvalue weighted by Gasteiger charge is -2.24. The zero-order valence-corrected chi connectivity index (χ0v) is 14.5. The maximum atomic E-state index is 12.2. The summed E-state index contributed by atoms with van der Waals surface area (Å²) in [5.74, 6) is -0.600. The van der Waals surface area contributed by atoms with Crippen molar-refractivity contribution in [3.05, 3.63) is 35.9 Å². The Balaban J connectivity index is 0.00000288. The lowest BCUT2D eigenvalue weighted by atomic mass is 10.00. The van der Waals surface area contributed by atoms with E-state index in [0.717, 1.165) is 18.4 Å². The number of esters is 1. The summed E-state index contributed by atoms with van der Waals surface area (Å²) in [5, 5.41) is 12.8. The van der Waals surface area contributed by atoms with Gasteiger partial charge in [0.05, 0.1) is 19.2 Å². The fourth-order valence-electron chi connectivity index (χ4n) is 2.50. The Hall–Kier alpha value is -1.63. The maximum Gasteiger partial charge on any atom is 0.336 e. The molecule has 0 saturated heterocycles. The highest BCUT2D eigenvalue weighted by Gasteiger charge is 2.32. The van der Waals surface area contributed by atoms with E-state index in [-0.39, 0.29) is 18.3 Å². The van der Waals surface area contributed by atoms with Gasteiger partial charge in [0.15, 0.2) is 6.10 Å². The molecule has 24 heavy (non-hydrogen) atoms. The minimum atomic E-state index is -1.43.